The van der Waals surface area contributed by atoms with E-state index >= 15 is 0 Å². The highest BCUT2D eigenvalue weighted by molar-refractivity contribution is 7.13. The lowest BCUT2D eigenvalue weighted by Crippen LogP contribution is -2.50. The molecule has 0 radical (unpaired) electrons. The number of carbonyl (C=O) groups is 5. The molecule has 5 N–H and O–H groups in total. The van der Waals surface area contributed by atoms with E-state index in [0.29, 0.717) is 98.7 Å². The molecular weight excluding hydrogens is 1100 g/mol. The van der Waals surface area contributed by atoms with E-state index in [1.807, 2.05) is 98.8 Å². The summed E-state index contributed by atoms with van der Waals surface area (Å²) in [5.74, 6) is -2.22. The number of aliphatic hydroxyl groups excluding tert-OH is 1. The Morgan fingerprint density at radius 2 is 1.47 bits per heavy atom. The number of β-amino-alcohol motifs (C(OH)–C–C–N with tert-alkyl or cyclic N) is 1. The number of nitrogens with one attached hydrogen (secondary N) is 4. The van der Waals surface area contributed by atoms with Crippen LogP contribution in [0.25, 0.3) is 21.3 Å². The van der Waals surface area contributed by atoms with Gasteiger partial charge < -0.3 is 40.5 Å². The van der Waals surface area contributed by atoms with Crippen molar-refractivity contribution in [2.45, 2.75) is 155 Å². The molecule has 454 valence electrons. The van der Waals surface area contributed by atoms with Crippen LogP contribution in [0, 0.1) is 29.9 Å². The van der Waals surface area contributed by atoms with Crippen molar-refractivity contribution in [3.63, 3.8) is 0 Å². The van der Waals surface area contributed by atoms with Crippen molar-refractivity contribution in [2.75, 3.05) is 61.5 Å². The first-order valence-corrected chi connectivity index (χ1v) is 31.4. The number of halogens is 2. The molecule has 0 bridgehead atoms. The van der Waals surface area contributed by atoms with E-state index in [1.165, 1.54) is 17.0 Å². The van der Waals surface area contributed by atoms with E-state index in [1.54, 1.807) is 11.3 Å². The zero-order chi connectivity index (χ0) is 60.0. The van der Waals surface area contributed by atoms with Crippen molar-refractivity contribution >= 4 is 68.8 Å². The number of aryl methyl sites for hydroxylation is 1. The van der Waals surface area contributed by atoms with Gasteiger partial charge >= 0.3 is 0 Å². The second-order valence-corrected chi connectivity index (χ2v) is 25.3. The van der Waals surface area contributed by atoms with Crippen LogP contribution in [0.4, 0.5) is 26.0 Å². The van der Waals surface area contributed by atoms with Gasteiger partial charge in [-0.2, -0.15) is 5.10 Å². The maximum absolute atomic E-state index is 14.1. The Bertz CT molecular complexity index is 3240. The highest BCUT2D eigenvalue weighted by Crippen LogP contribution is 2.35. The molecule has 4 aromatic carbocycles. The number of likely N-dealkylation sites (tertiary alicyclic amines) is 1. The molecule has 3 atom stereocenters. The van der Waals surface area contributed by atoms with Crippen LogP contribution in [0.5, 0.6) is 0 Å². The molecule has 85 heavy (non-hydrogen) atoms. The summed E-state index contributed by atoms with van der Waals surface area (Å²) >= 11 is 1.58. The number of thiazole rings is 1. The number of aromatic amines is 1. The van der Waals surface area contributed by atoms with Crippen LogP contribution >= 0.6 is 11.3 Å². The molecule has 3 saturated heterocycles. The first kappa shape index (κ1) is 62.4. The Labute approximate surface area is 501 Å². The van der Waals surface area contributed by atoms with Gasteiger partial charge in [-0.3, -0.25) is 29.1 Å². The topological polar surface area (TPSA) is 202 Å². The highest BCUT2D eigenvalue weighted by atomic mass is 32.1. The third kappa shape index (κ3) is 17.1. The lowest BCUT2D eigenvalue weighted by atomic mass is 9.76. The standard InChI is InChI=1S/C66H83F2N9O7S/c1-43-61(85-42-70-43)47-19-16-44(17-20-47)40-69-64(82)59-39-53(79)41-77(59)65(83)56(66(2,3)4)38-52(78)14-12-10-8-6-5-7-9-11-13-15-60(80)76-28-26-75(27-29-76)51-21-22-54(58(37-51)71-50-24-30-84-31-25-50)63(81)72-62-55-35-45(18-23-57(55)73-74-62)32-46-33-48(67)36-49(68)34-46/h16-23,33-37,42,50,53,56,59,71,79H,5-15,24-32,38-41H2,1-4H3,(H,69,82)(H2,72,73,74,81)/t53-,56-,59+/m1/s1. The molecule has 3 aliphatic rings. The molecule has 5 heterocycles. The largest absolute Gasteiger partial charge is 0.391 e. The number of hydrogen-bond acceptors (Lipinski definition) is 12. The van der Waals surface area contributed by atoms with E-state index in [2.05, 4.69) is 36.0 Å². The quantitative estimate of drug-likeness (QED) is 0.0323. The SMILES string of the molecule is Cc1ncsc1-c1ccc(CNC(=O)[C@@H]2C[C@@H](O)CN2C(=O)[C@@H](CC(=O)CCCCCCCCCCCC(=O)N2CCN(c3ccc(C(=O)Nc4n[nH]c5ccc(Cc6cc(F)cc(F)c6)cc45)c(NC4CCOCC4)c3)CC2)C(C)(C)C)cc1. The molecule has 4 amide bonds. The third-order valence-corrected chi connectivity index (χ3v) is 17.9. The summed E-state index contributed by atoms with van der Waals surface area (Å²) in [6, 6.07) is 22.1. The minimum atomic E-state index is -0.817. The summed E-state index contributed by atoms with van der Waals surface area (Å²) in [6.07, 6.45) is 11.2. The molecule has 0 aliphatic carbocycles. The van der Waals surface area contributed by atoms with Crippen molar-refractivity contribution < 1.29 is 42.6 Å². The number of benzene rings is 4. The van der Waals surface area contributed by atoms with Gasteiger partial charge in [-0.15, -0.1) is 11.3 Å². The lowest BCUT2D eigenvalue weighted by molar-refractivity contribution is -0.146. The monoisotopic (exact) mass is 1180 g/mol. The minimum absolute atomic E-state index is 0.0465. The number of ether oxygens (including phenoxy) is 1. The van der Waals surface area contributed by atoms with E-state index in [4.69, 9.17) is 4.74 Å². The predicted octanol–water partition coefficient (Wildman–Crippen LogP) is 11.5. The second-order valence-electron chi connectivity index (χ2n) is 24.4. The third-order valence-electron chi connectivity index (χ3n) is 16.9. The number of amides is 4. The summed E-state index contributed by atoms with van der Waals surface area (Å²) in [4.78, 5) is 79.6. The van der Waals surface area contributed by atoms with Crippen LogP contribution in [0.2, 0.25) is 0 Å². The molecule has 3 aliphatic heterocycles. The molecule has 0 spiro atoms. The molecule has 2 aromatic heterocycles. The molecule has 3 fully saturated rings. The van der Waals surface area contributed by atoms with Crippen LogP contribution in [0.3, 0.4) is 0 Å². The van der Waals surface area contributed by atoms with E-state index in [9.17, 15) is 37.9 Å². The van der Waals surface area contributed by atoms with Gasteiger partial charge in [-0.25, -0.2) is 13.8 Å². The second kappa shape index (κ2) is 29.3. The first-order valence-electron chi connectivity index (χ1n) is 30.5. The molecule has 16 nitrogen and oxygen atoms in total. The number of fused-ring (bicyclic) bond motifs is 1. The van der Waals surface area contributed by atoms with E-state index in [-0.39, 0.29) is 54.8 Å². The molecule has 0 saturated carbocycles. The van der Waals surface area contributed by atoms with Crippen LogP contribution < -0.4 is 20.9 Å². The summed E-state index contributed by atoms with van der Waals surface area (Å²) in [5, 5.41) is 28.3. The number of unbranched alkanes of at least 4 members (excludes halogenated alkanes) is 8. The van der Waals surface area contributed by atoms with Gasteiger partial charge in [0.2, 0.25) is 17.7 Å². The summed E-state index contributed by atoms with van der Waals surface area (Å²) in [7, 11) is 0. The fraction of sp³-hybridized carbons (Fsp3) is 0.500. The summed E-state index contributed by atoms with van der Waals surface area (Å²) in [6.45, 7) is 12.0. The van der Waals surface area contributed by atoms with Gasteiger partial charge in [0.1, 0.15) is 23.5 Å². The minimum Gasteiger partial charge on any atom is -0.391 e. The number of piperazine rings is 1. The summed E-state index contributed by atoms with van der Waals surface area (Å²) in [5.41, 5.74) is 8.41. The van der Waals surface area contributed by atoms with E-state index in [0.717, 1.165) is 110 Å². The average Bonchev–Trinajstić information content (AvgIpc) is 4.44. The van der Waals surface area contributed by atoms with E-state index < -0.39 is 35.1 Å². The molecule has 0 unspecified atom stereocenters. The van der Waals surface area contributed by atoms with Gasteiger partial charge in [0.25, 0.3) is 5.91 Å². The number of aromatic nitrogens is 3. The average molecular weight is 1180 g/mol. The molecule has 19 heteroatoms. The van der Waals surface area contributed by atoms with Gasteiger partial charge in [0, 0.05) is 113 Å². The maximum Gasteiger partial charge on any atom is 0.258 e. The van der Waals surface area contributed by atoms with Crippen molar-refractivity contribution in [1.29, 1.82) is 0 Å². The van der Waals surface area contributed by atoms with Crippen LogP contribution in [-0.2, 0) is 36.9 Å². The van der Waals surface area contributed by atoms with Crippen molar-refractivity contribution in [2.24, 2.45) is 11.3 Å². The Morgan fingerprint density at radius 3 is 2.14 bits per heavy atom. The fourth-order valence-electron chi connectivity index (χ4n) is 12.0. The van der Waals surface area contributed by atoms with Crippen molar-refractivity contribution in [3.8, 4) is 10.4 Å². The lowest BCUT2D eigenvalue weighted by Gasteiger charge is -2.36. The number of anilines is 3. The van der Waals surface area contributed by atoms with Crippen LogP contribution in [0.1, 0.15) is 150 Å². The molecule has 9 rings (SSSR count). The number of Topliss-reactive ketones (excluding diaryl/α,β-unsaturated/α-hetero) is 1. The van der Waals surface area contributed by atoms with Gasteiger partial charge in [-0.05, 0) is 109 Å². The first-order chi connectivity index (χ1) is 40.9. The predicted molar refractivity (Wildman–Crippen MR) is 330 cm³/mol. The number of ketones is 1. The number of rotatable bonds is 26. The Balaban J connectivity index is 0.654. The van der Waals surface area contributed by atoms with Gasteiger partial charge in [0.15, 0.2) is 5.82 Å². The normalized spacial score (nSPS) is 17.1. The molecule has 6 aromatic rings. The van der Waals surface area contributed by atoms with Crippen molar-refractivity contribution in [3.05, 3.63) is 124 Å². The smallest absolute Gasteiger partial charge is 0.258 e. The number of carbonyl (C=O) groups excluding carboxylic acids is 5. The van der Waals surface area contributed by atoms with Crippen LogP contribution in [0.15, 0.2) is 84.4 Å². The fourth-order valence-corrected chi connectivity index (χ4v) is 12.8. The van der Waals surface area contributed by atoms with Gasteiger partial charge in [-0.1, -0.05) is 96.0 Å². The Kier molecular flexibility index (Phi) is 21.6. The van der Waals surface area contributed by atoms with Crippen molar-refractivity contribution in [1.82, 2.24) is 30.3 Å². The zero-order valence-electron chi connectivity index (χ0n) is 49.7. The zero-order valence-corrected chi connectivity index (χ0v) is 50.5. The van der Waals surface area contributed by atoms with Crippen LogP contribution in [-0.4, -0.2) is 124 Å². The Morgan fingerprint density at radius 1 is 0.800 bits per heavy atom. The van der Waals surface area contributed by atoms with Gasteiger partial charge in [0.05, 0.1) is 33.3 Å². The number of hydrogen-bond donors (Lipinski definition) is 5. The maximum atomic E-state index is 14.1. The number of aliphatic hydroxyl groups is 1. The number of H-pyrrole nitrogens is 1. The number of nitrogens with zero attached hydrogens (tertiary/aromatic N) is 5. The summed E-state index contributed by atoms with van der Waals surface area (Å²) < 4.78 is 33.5. The molecular formula is C66H83F2N9O7S. The highest BCUT2D eigenvalue weighted by Gasteiger charge is 2.44. The Hall–Kier alpha value is -7.09.